The summed E-state index contributed by atoms with van der Waals surface area (Å²) in [6.45, 7) is 4.99. The average Bonchev–Trinajstić information content (AvgIpc) is 2.03. The number of hydrogen-bond donors (Lipinski definition) is 1. The second kappa shape index (κ2) is 7.30. The summed E-state index contributed by atoms with van der Waals surface area (Å²) >= 11 is 0. The first-order valence-electron chi connectivity index (χ1n) is 5.07. The third-order valence-electron chi connectivity index (χ3n) is 2.14. The molecule has 0 saturated heterocycles. The molecule has 0 aromatic carbocycles. The van der Waals surface area contributed by atoms with Gasteiger partial charge < -0.3 is 14.9 Å². The van der Waals surface area contributed by atoms with Crippen molar-refractivity contribution < 1.29 is 5.11 Å². The summed E-state index contributed by atoms with van der Waals surface area (Å²) in [5, 5.41) is 9.38. The fourth-order valence-corrected chi connectivity index (χ4v) is 1.24. The minimum atomic E-state index is -0.163. The smallest absolute Gasteiger partial charge is 0.0664 e. The van der Waals surface area contributed by atoms with Gasteiger partial charge in [0.15, 0.2) is 0 Å². The van der Waals surface area contributed by atoms with E-state index in [1.54, 1.807) is 0 Å². The minimum absolute atomic E-state index is 0.163. The summed E-state index contributed by atoms with van der Waals surface area (Å²) in [6.07, 6.45) is 1.85. The highest BCUT2D eigenvalue weighted by atomic mass is 16.3. The van der Waals surface area contributed by atoms with E-state index in [-0.39, 0.29) is 6.10 Å². The average molecular weight is 188 g/mol. The molecule has 3 nitrogen and oxygen atoms in total. The molecular formula is C10H24N2O. The maximum Gasteiger partial charge on any atom is 0.0664 e. The van der Waals surface area contributed by atoms with Crippen LogP contribution in [-0.4, -0.2) is 61.8 Å². The molecule has 0 aliphatic rings. The minimum Gasteiger partial charge on any atom is -0.392 e. The first kappa shape index (κ1) is 12.9. The molecule has 0 fully saturated rings. The van der Waals surface area contributed by atoms with Gasteiger partial charge in [0.25, 0.3) is 0 Å². The van der Waals surface area contributed by atoms with Crippen molar-refractivity contribution in [2.75, 3.05) is 40.8 Å². The lowest BCUT2D eigenvalue weighted by Crippen LogP contribution is -2.30. The number of nitrogens with zero attached hydrogens (tertiary/aromatic N) is 2. The van der Waals surface area contributed by atoms with E-state index in [4.69, 9.17) is 0 Å². The molecule has 0 bridgehead atoms. The second-order valence-electron chi connectivity index (χ2n) is 3.98. The first-order valence-corrected chi connectivity index (χ1v) is 5.07. The van der Waals surface area contributed by atoms with Crippen molar-refractivity contribution in [2.45, 2.75) is 25.9 Å². The molecule has 0 rings (SSSR count). The lowest BCUT2D eigenvalue weighted by molar-refractivity contribution is 0.120. The van der Waals surface area contributed by atoms with Crippen LogP contribution in [0, 0.1) is 0 Å². The molecule has 3 heteroatoms. The molecule has 0 aromatic heterocycles. The van der Waals surface area contributed by atoms with Crippen LogP contribution in [0.5, 0.6) is 0 Å². The number of likely N-dealkylation sites (N-methyl/N-ethyl adjacent to an activating group) is 1. The fraction of sp³-hybridized carbons (Fsp3) is 1.00. The fourth-order valence-electron chi connectivity index (χ4n) is 1.24. The van der Waals surface area contributed by atoms with Gasteiger partial charge in [-0.05, 0) is 47.1 Å². The number of hydrogen-bond acceptors (Lipinski definition) is 3. The molecule has 0 saturated carbocycles. The lowest BCUT2D eigenvalue weighted by Gasteiger charge is -2.20. The van der Waals surface area contributed by atoms with Gasteiger partial charge in [0.1, 0.15) is 0 Å². The van der Waals surface area contributed by atoms with Crippen LogP contribution in [0.2, 0.25) is 0 Å². The molecule has 0 aromatic rings. The Hall–Kier alpha value is -0.120. The van der Waals surface area contributed by atoms with Crippen LogP contribution in [0.1, 0.15) is 19.8 Å². The van der Waals surface area contributed by atoms with Gasteiger partial charge in [0.05, 0.1) is 6.10 Å². The van der Waals surface area contributed by atoms with Crippen LogP contribution in [-0.2, 0) is 0 Å². The summed E-state index contributed by atoms with van der Waals surface area (Å²) in [5.74, 6) is 0. The summed E-state index contributed by atoms with van der Waals surface area (Å²) in [7, 11) is 6.23. The van der Waals surface area contributed by atoms with Gasteiger partial charge >= 0.3 is 0 Å². The van der Waals surface area contributed by atoms with Gasteiger partial charge in [-0.25, -0.2) is 0 Å². The lowest BCUT2D eigenvalue weighted by atomic mass is 10.2. The third kappa shape index (κ3) is 8.22. The first-order chi connectivity index (χ1) is 6.06. The molecule has 0 aliphatic carbocycles. The van der Waals surface area contributed by atoms with Crippen LogP contribution in [0.15, 0.2) is 0 Å². The molecule has 80 valence electrons. The summed E-state index contributed by atoms with van der Waals surface area (Å²) < 4.78 is 0. The highest BCUT2D eigenvalue weighted by molar-refractivity contribution is 4.59. The topological polar surface area (TPSA) is 26.7 Å². The number of aliphatic hydroxyl groups excluding tert-OH is 1. The van der Waals surface area contributed by atoms with E-state index in [0.717, 1.165) is 26.1 Å². The second-order valence-corrected chi connectivity index (χ2v) is 3.98. The SMILES string of the molecule is CCC(O)CN(C)CCCN(C)C. The van der Waals surface area contributed by atoms with Crippen molar-refractivity contribution >= 4 is 0 Å². The summed E-state index contributed by atoms with van der Waals surface area (Å²) in [5.41, 5.74) is 0. The Balaban J connectivity index is 3.34. The maximum atomic E-state index is 9.38. The standard InChI is InChI=1S/C10H24N2O/c1-5-10(13)9-12(4)8-6-7-11(2)3/h10,13H,5-9H2,1-4H3. The molecule has 0 spiro atoms. The number of aliphatic hydroxyl groups is 1. The van der Waals surface area contributed by atoms with Gasteiger partial charge in [-0.15, -0.1) is 0 Å². The Morgan fingerprint density at radius 2 is 1.77 bits per heavy atom. The van der Waals surface area contributed by atoms with E-state index in [0.29, 0.717) is 0 Å². The zero-order chi connectivity index (χ0) is 10.3. The Bertz CT molecular complexity index is 117. The van der Waals surface area contributed by atoms with Crippen LogP contribution >= 0.6 is 0 Å². The van der Waals surface area contributed by atoms with Gasteiger partial charge in [-0.3, -0.25) is 0 Å². The molecule has 0 aliphatic heterocycles. The molecule has 1 atom stereocenters. The van der Waals surface area contributed by atoms with Gasteiger partial charge in [-0.2, -0.15) is 0 Å². The Kier molecular flexibility index (Phi) is 7.23. The van der Waals surface area contributed by atoms with Crippen LogP contribution in [0.25, 0.3) is 0 Å². The molecule has 1 unspecified atom stereocenters. The van der Waals surface area contributed by atoms with Crippen molar-refractivity contribution in [3.63, 3.8) is 0 Å². The van der Waals surface area contributed by atoms with Crippen LogP contribution < -0.4 is 0 Å². The molecular weight excluding hydrogens is 164 g/mol. The Morgan fingerprint density at radius 3 is 2.23 bits per heavy atom. The van der Waals surface area contributed by atoms with E-state index in [2.05, 4.69) is 30.9 Å². The summed E-state index contributed by atoms with van der Waals surface area (Å²) in [6, 6.07) is 0. The number of rotatable bonds is 7. The monoisotopic (exact) mass is 188 g/mol. The Morgan fingerprint density at radius 1 is 1.15 bits per heavy atom. The van der Waals surface area contributed by atoms with Crippen molar-refractivity contribution in [3.05, 3.63) is 0 Å². The highest BCUT2D eigenvalue weighted by Crippen LogP contribution is 1.95. The summed E-state index contributed by atoms with van der Waals surface area (Å²) in [4.78, 5) is 4.38. The normalized spacial score (nSPS) is 14.1. The van der Waals surface area contributed by atoms with E-state index in [1.165, 1.54) is 6.42 Å². The predicted octanol–water partition coefficient (Wildman–Crippen LogP) is 0.641. The maximum absolute atomic E-state index is 9.38. The molecule has 0 radical (unpaired) electrons. The zero-order valence-electron chi connectivity index (χ0n) is 9.45. The predicted molar refractivity (Wildman–Crippen MR) is 57.0 cm³/mol. The van der Waals surface area contributed by atoms with E-state index in [1.807, 2.05) is 6.92 Å². The van der Waals surface area contributed by atoms with Gasteiger partial charge in [0.2, 0.25) is 0 Å². The van der Waals surface area contributed by atoms with Crippen molar-refractivity contribution in [1.29, 1.82) is 0 Å². The van der Waals surface area contributed by atoms with E-state index < -0.39 is 0 Å². The van der Waals surface area contributed by atoms with Gasteiger partial charge in [-0.1, -0.05) is 6.92 Å². The van der Waals surface area contributed by atoms with Gasteiger partial charge in [0, 0.05) is 6.54 Å². The van der Waals surface area contributed by atoms with E-state index in [9.17, 15) is 5.11 Å². The van der Waals surface area contributed by atoms with Crippen molar-refractivity contribution in [1.82, 2.24) is 9.80 Å². The molecule has 13 heavy (non-hydrogen) atoms. The molecule has 0 amide bonds. The Labute approximate surface area is 82.3 Å². The van der Waals surface area contributed by atoms with Crippen molar-refractivity contribution in [3.8, 4) is 0 Å². The molecule has 0 heterocycles. The zero-order valence-corrected chi connectivity index (χ0v) is 9.45. The van der Waals surface area contributed by atoms with Crippen LogP contribution in [0.3, 0.4) is 0 Å². The van der Waals surface area contributed by atoms with Crippen LogP contribution in [0.4, 0.5) is 0 Å². The van der Waals surface area contributed by atoms with E-state index >= 15 is 0 Å². The third-order valence-corrected chi connectivity index (χ3v) is 2.14. The van der Waals surface area contributed by atoms with Crippen molar-refractivity contribution in [2.24, 2.45) is 0 Å². The quantitative estimate of drug-likeness (QED) is 0.635. The molecule has 1 N–H and O–H groups in total. The highest BCUT2D eigenvalue weighted by Gasteiger charge is 2.04. The largest absolute Gasteiger partial charge is 0.392 e.